The number of ether oxygens (including phenoxy) is 1. The summed E-state index contributed by atoms with van der Waals surface area (Å²) in [7, 11) is 0. The number of hydrogen-bond donors (Lipinski definition) is 1. The lowest BCUT2D eigenvalue weighted by atomic mass is 9.93. The highest BCUT2D eigenvalue weighted by atomic mass is 16.5. The van der Waals surface area contributed by atoms with E-state index in [0.29, 0.717) is 11.7 Å². The van der Waals surface area contributed by atoms with E-state index in [1.54, 1.807) is 0 Å². The Bertz CT molecular complexity index is 545. The molecule has 0 bridgehead atoms. The maximum Gasteiger partial charge on any atom is 0.251 e. The van der Waals surface area contributed by atoms with Crippen molar-refractivity contribution >= 4 is 0 Å². The number of rotatable bonds is 3. The Morgan fingerprint density at radius 1 is 1.32 bits per heavy atom. The van der Waals surface area contributed by atoms with E-state index in [4.69, 9.17) is 15.0 Å². The fourth-order valence-electron chi connectivity index (χ4n) is 2.27. The highest BCUT2D eigenvalue weighted by molar-refractivity contribution is 5.28. The van der Waals surface area contributed by atoms with Gasteiger partial charge in [0.05, 0.1) is 0 Å². The highest BCUT2D eigenvalue weighted by Gasteiger charge is 2.32. The second kappa shape index (κ2) is 4.75. The van der Waals surface area contributed by atoms with Gasteiger partial charge in [-0.1, -0.05) is 35.5 Å². The first-order valence-electron chi connectivity index (χ1n) is 6.48. The van der Waals surface area contributed by atoms with Gasteiger partial charge >= 0.3 is 0 Å². The molecule has 0 radical (unpaired) electrons. The van der Waals surface area contributed by atoms with Crippen LogP contribution in [0, 0.1) is 0 Å². The zero-order valence-electron chi connectivity index (χ0n) is 10.9. The van der Waals surface area contributed by atoms with Gasteiger partial charge in [-0.15, -0.1) is 0 Å². The van der Waals surface area contributed by atoms with Crippen LogP contribution in [0.1, 0.15) is 43.1 Å². The summed E-state index contributed by atoms with van der Waals surface area (Å²) in [5.74, 6) is 1.02. The van der Waals surface area contributed by atoms with E-state index in [9.17, 15) is 0 Å². The lowest BCUT2D eigenvalue weighted by molar-refractivity contribution is 0.103. The number of nitrogens with zero attached hydrogens (tertiary/aromatic N) is 2. The summed E-state index contributed by atoms with van der Waals surface area (Å²) in [6.45, 7) is 2.63. The van der Waals surface area contributed by atoms with Crippen LogP contribution in [-0.2, 0) is 10.3 Å². The van der Waals surface area contributed by atoms with Gasteiger partial charge in [0.15, 0.2) is 0 Å². The average molecular weight is 259 g/mol. The van der Waals surface area contributed by atoms with E-state index >= 15 is 0 Å². The SMILES string of the molecule is CC(N)(c1ccccc1)c1nc(C2CCCO2)no1. The van der Waals surface area contributed by atoms with Gasteiger partial charge in [-0.25, -0.2) is 0 Å². The summed E-state index contributed by atoms with van der Waals surface area (Å²) in [6.07, 6.45) is 1.92. The fraction of sp³-hybridized carbons (Fsp3) is 0.429. The molecule has 2 aromatic rings. The molecule has 1 aromatic heterocycles. The maximum absolute atomic E-state index is 6.33. The molecule has 1 fully saturated rings. The van der Waals surface area contributed by atoms with Crippen LogP contribution < -0.4 is 5.73 Å². The second-order valence-corrected chi connectivity index (χ2v) is 5.03. The summed E-state index contributed by atoms with van der Waals surface area (Å²) in [6, 6.07) is 9.74. The summed E-state index contributed by atoms with van der Waals surface area (Å²) in [5, 5.41) is 4.00. The molecule has 2 unspecified atom stereocenters. The van der Waals surface area contributed by atoms with Crippen LogP contribution in [0.2, 0.25) is 0 Å². The Balaban J connectivity index is 1.89. The smallest absolute Gasteiger partial charge is 0.251 e. The number of aromatic nitrogens is 2. The Morgan fingerprint density at radius 2 is 2.11 bits per heavy atom. The van der Waals surface area contributed by atoms with Crippen molar-refractivity contribution in [1.82, 2.24) is 10.1 Å². The van der Waals surface area contributed by atoms with Crippen molar-refractivity contribution in [2.75, 3.05) is 6.61 Å². The minimum Gasteiger partial charge on any atom is -0.370 e. The molecule has 1 aromatic carbocycles. The third-order valence-electron chi connectivity index (χ3n) is 3.48. The van der Waals surface area contributed by atoms with E-state index in [2.05, 4.69) is 10.1 Å². The first-order valence-corrected chi connectivity index (χ1v) is 6.48. The van der Waals surface area contributed by atoms with Crippen LogP contribution in [-0.4, -0.2) is 16.7 Å². The molecule has 0 spiro atoms. The molecule has 3 rings (SSSR count). The molecule has 0 amide bonds. The van der Waals surface area contributed by atoms with Crippen LogP contribution in [0.4, 0.5) is 0 Å². The van der Waals surface area contributed by atoms with Gasteiger partial charge in [-0.05, 0) is 25.3 Å². The molecule has 5 heteroatoms. The minimum absolute atomic E-state index is 0.0518. The van der Waals surface area contributed by atoms with Crippen molar-refractivity contribution in [3.8, 4) is 0 Å². The lowest BCUT2D eigenvalue weighted by Gasteiger charge is -2.20. The molecule has 100 valence electrons. The maximum atomic E-state index is 6.33. The molecular weight excluding hydrogens is 242 g/mol. The van der Waals surface area contributed by atoms with Gasteiger partial charge in [0.25, 0.3) is 5.89 Å². The van der Waals surface area contributed by atoms with Crippen LogP contribution in [0.25, 0.3) is 0 Å². The number of hydrogen-bond acceptors (Lipinski definition) is 5. The van der Waals surface area contributed by atoms with Crippen molar-refractivity contribution in [2.24, 2.45) is 5.73 Å². The minimum atomic E-state index is -0.787. The molecule has 1 saturated heterocycles. The first kappa shape index (κ1) is 12.3. The molecule has 19 heavy (non-hydrogen) atoms. The summed E-state index contributed by atoms with van der Waals surface area (Å²) in [5.41, 5.74) is 6.49. The Hall–Kier alpha value is -1.72. The van der Waals surface area contributed by atoms with Crippen LogP contribution in [0.3, 0.4) is 0 Å². The highest BCUT2D eigenvalue weighted by Crippen LogP contribution is 2.29. The Morgan fingerprint density at radius 3 is 2.79 bits per heavy atom. The zero-order valence-corrected chi connectivity index (χ0v) is 10.9. The van der Waals surface area contributed by atoms with Crippen LogP contribution in [0.15, 0.2) is 34.9 Å². The van der Waals surface area contributed by atoms with Gasteiger partial charge in [-0.2, -0.15) is 4.98 Å². The molecule has 2 atom stereocenters. The second-order valence-electron chi connectivity index (χ2n) is 5.03. The third-order valence-corrected chi connectivity index (χ3v) is 3.48. The van der Waals surface area contributed by atoms with E-state index < -0.39 is 5.54 Å². The number of nitrogens with two attached hydrogens (primary N) is 1. The quantitative estimate of drug-likeness (QED) is 0.914. The van der Waals surface area contributed by atoms with E-state index in [-0.39, 0.29) is 6.10 Å². The lowest BCUT2D eigenvalue weighted by Crippen LogP contribution is -2.34. The molecule has 0 aliphatic carbocycles. The summed E-state index contributed by atoms with van der Waals surface area (Å²) < 4.78 is 10.9. The topological polar surface area (TPSA) is 74.2 Å². The molecule has 1 aliphatic heterocycles. The Kier molecular flexibility index (Phi) is 3.08. The third kappa shape index (κ3) is 2.27. The monoisotopic (exact) mass is 259 g/mol. The van der Waals surface area contributed by atoms with Gasteiger partial charge in [-0.3, -0.25) is 0 Å². The molecular formula is C14H17N3O2. The van der Waals surface area contributed by atoms with Crippen molar-refractivity contribution in [3.05, 3.63) is 47.6 Å². The summed E-state index contributed by atoms with van der Waals surface area (Å²) in [4.78, 5) is 4.41. The van der Waals surface area contributed by atoms with E-state index in [0.717, 1.165) is 25.0 Å². The van der Waals surface area contributed by atoms with Gasteiger partial charge in [0.2, 0.25) is 5.82 Å². The van der Waals surface area contributed by atoms with Gasteiger partial charge in [0.1, 0.15) is 11.6 Å². The molecule has 1 aliphatic rings. The van der Waals surface area contributed by atoms with Crippen molar-refractivity contribution in [3.63, 3.8) is 0 Å². The zero-order chi connectivity index (χ0) is 13.3. The molecule has 2 heterocycles. The summed E-state index contributed by atoms with van der Waals surface area (Å²) >= 11 is 0. The van der Waals surface area contributed by atoms with Crippen LogP contribution in [0.5, 0.6) is 0 Å². The van der Waals surface area contributed by atoms with Crippen LogP contribution >= 0.6 is 0 Å². The normalized spacial score (nSPS) is 22.3. The van der Waals surface area contributed by atoms with Crippen molar-refractivity contribution in [1.29, 1.82) is 0 Å². The first-order chi connectivity index (χ1) is 9.18. The number of benzene rings is 1. The standard InChI is InChI=1S/C14H17N3O2/c1-14(15,10-6-3-2-4-7-10)13-16-12(17-19-13)11-8-5-9-18-11/h2-4,6-7,11H,5,8-9,15H2,1H3. The van der Waals surface area contributed by atoms with Gasteiger partial charge in [0, 0.05) is 6.61 Å². The molecule has 0 saturated carbocycles. The predicted molar refractivity (Wildman–Crippen MR) is 69.3 cm³/mol. The predicted octanol–water partition coefficient (Wildman–Crippen LogP) is 2.14. The fourth-order valence-corrected chi connectivity index (χ4v) is 2.27. The average Bonchev–Trinajstić information content (AvgIpc) is 3.10. The van der Waals surface area contributed by atoms with Crippen molar-refractivity contribution < 1.29 is 9.26 Å². The Labute approximate surface area is 111 Å². The largest absolute Gasteiger partial charge is 0.370 e. The van der Waals surface area contributed by atoms with E-state index in [1.807, 2.05) is 37.3 Å². The van der Waals surface area contributed by atoms with Gasteiger partial charge < -0.3 is 15.0 Å². The molecule has 5 nitrogen and oxygen atoms in total. The van der Waals surface area contributed by atoms with E-state index in [1.165, 1.54) is 0 Å². The van der Waals surface area contributed by atoms with Crippen molar-refractivity contribution in [2.45, 2.75) is 31.4 Å². The molecule has 2 N–H and O–H groups in total.